The van der Waals surface area contributed by atoms with Crippen molar-refractivity contribution >= 4 is 17.9 Å². The number of nitrogens with zero attached hydrogens (tertiary/aromatic N) is 3. The van der Waals surface area contributed by atoms with Crippen LogP contribution in [-0.2, 0) is 9.53 Å². The van der Waals surface area contributed by atoms with E-state index in [2.05, 4.69) is 20.2 Å². The topological polar surface area (TPSA) is 67.3 Å². The van der Waals surface area contributed by atoms with Crippen LogP contribution >= 0.6 is 0 Å². The molecule has 6 heteroatoms. The molecule has 142 valence electrons. The Labute approximate surface area is 156 Å². The van der Waals surface area contributed by atoms with Crippen LogP contribution in [0.3, 0.4) is 0 Å². The van der Waals surface area contributed by atoms with Gasteiger partial charge in [0.2, 0.25) is 0 Å². The van der Waals surface area contributed by atoms with E-state index in [0.717, 1.165) is 24.7 Å². The summed E-state index contributed by atoms with van der Waals surface area (Å²) in [6.07, 6.45) is 14.6. The molecule has 1 atom stereocenters. The highest BCUT2D eigenvalue weighted by Crippen LogP contribution is 2.26. The molecule has 0 radical (unpaired) electrons. The Balaban J connectivity index is 1.43. The van der Waals surface area contributed by atoms with Crippen molar-refractivity contribution in [2.75, 3.05) is 31.6 Å². The van der Waals surface area contributed by atoms with Crippen molar-refractivity contribution in [2.24, 2.45) is 5.92 Å². The fourth-order valence-corrected chi connectivity index (χ4v) is 3.90. The van der Waals surface area contributed by atoms with Gasteiger partial charge in [0.15, 0.2) is 0 Å². The highest BCUT2D eigenvalue weighted by Gasteiger charge is 2.25. The van der Waals surface area contributed by atoms with Gasteiger partial charge in [-0.15, -0.1) is 0 Å². The van der Waals surface area contributed by atoms with Gasteiger partial charge in [-0.2, -0.15) is 0 Å². The molecule has 6 nitrogen and oxygen atoms in total. The van der Waals surface area contributed by atoms with Crippen molar-refractivity contribution in [1.29, 1.82) is 0 Å². The molecule has 2 aliphatic rings. The Kier molecular flexibility index (Phi) is 7.00. The molecule has 0 unspecified atom stereocenters. The second-order valence-corrected chi connectivity index (χ2v) is 7.31. The number of aromatic nitrogens is 2. The molecule has 1 saturated carbocycles. The van der Waals surface area contributed by atoms with Gasteiger partial charge >= 0.3 is 5.97 Å². The van der Waals surface area contributed by atoms with E-state index in [1.54, 1.807) is 25.4 Å². The van der Waals surface area contributed by atoms with Gasteiger partial charge in [-0.05, 0) is 38.2 Å². The third-order valence-corrected chi connectivity index (χ3v) is 5.21. The van der Waals surface area contributed by atoms with E-state index in [-0.39, 0.29) is 5.97 Å². The number of ether oxygens (including phenoxy) is 1. The van der Waals surface area contributed by atoms with E-state index in [1.165, 1.54) is 51.3 Å². The van der Waals surface area contributed by atoms with Crippen molar-refractivity contribution in [3.8, 4) is 0 Å². The number of hydrogen-bond acceptors (Lipinski definition) is 6. The predicted octanol–water partition coefficient (Wildman–Crippen LogP) is 3.12. The summed E-state index contributed by atoms with van der Waals surface area (Å²) in [4.78, 5) is 22.7. The molecular weight excluding hydrogens is 328 g/mol. The molecule has 1 aliphatic heterocycles. The van der Waals surface area contributed by atoms with Crippen LogP contribution in [-0.4, -0.2) is 53.1 Å². The summed E-state index contributed by atoms with van der Waals surface area (Å²) < 4.78 is 4.85. The van der Waals surface area contributed by atoms with Crippen molar-refractivity contribution < 1.29 is 9.53 Å². The second-order valence-electron chi connectivity index (χ2n) is 7.31. The lowest BCUT2D eigenvalue weighted by molar-refractivity contribution is -0.137. The highest BCUT2D eigenvalue weighted by molar-refractivity contribution is 5.86. The standard InChI is InChI=1S/C20H30N4O2/c1-2-26-20(25)9-8-17-12-22-19(13-21-17)23-18-10-11-24(15-18)14-16-6-4-3-5-7-16/h8-9,12-13,16,18H,2-7,10-11,14-15H2,1H3,(H,22,23)/b9-8+/t18-/m1/s1. The van der Waals surface area contributed by atoms with Crippen LogP contribution in [0.1, 0.15) is 51.1 Å². The molecule has 2 fully saturated rings. The fourth-order valence-electron chi connectivity index (χ4n) is 3.90. The Bertz CT molecular complexity index is 596. The van der Waals surface area contributed by atoms with Gasteiger partial charge < -0.3 is 15.0 Å². The van der Waals surface area contributed by atoms with E-state index in [4.69, 9.17) is 4.74 Å². The van der Waals surface area contributed by atoms with Gasteiger partial charge in [0.05, 0.1) is 24.7 Å². The maximum atomic E-state index is 11.3. The van der Waals surface area contributed by atoms with E-state index < -0.39 is 0 Å². The predicted molar refractivity (Wildman–Crippen MR) is 103 cm³/mol. The maximum Gasteiger partial charge on any atom is 0.330 e. The molecular formula is C20H30N4O2. The highest BCUT2D eigenvalue weighted by atomic mass is 16.5. The normalized spacial score (nSPS) is 22.0. The minimum Gasteiger partial charge on any atom is -0.463 e. The molecule has 2 heterocycles. The van der Waals surface area contributed by atoms with Crippen molar-refractivity contribution in [1.82, 2.24) is 14.9 Å². The largest absolute Gasteiger partial charge is 0.463 e. The average molecular weight is 358 g/mol. The zero-order valence-corrected chi connectivity index (χ0v) is 15.7. The van der Waals surface area contributed by atoms with Crippen LogP contribution in [0.4, 0.5) is 5.82 Å². The van der Waals surface area contributed by atoms with Crippen LogP contribution in [0.2, 0.25) is 0 Å². The summed E-state index contributed by atoms with van der Waals surface area (Å²) in [6.45, 7) is 5.66. The van der Waals surface area contributed by atoms with Crippen LogP contribution in [0.5, 0.6) is 0 Å². The molecule has 1 saturated heterocycles. The quantitative estimate of drug-likeness (QED) is 0.597. The van der Waals surface area contributed by atoms with E-state index >= 15 is 0 Å². The first-order valence-electron chi connectivity index (χ1n) is 9.88. The Morgan fingerprint density at radius 2 is 2.12 bits per heavy atom. The van der Waals surface area contributed by atoms with E-state index in [9.17, 15) is 4.79 Å². The summed E-state index contributed by atoms with van der Waals surface area (Å²) in [5, 5.41) is 3.49. The zero-order chi connectivity index (χ0) is 18.2. The third kappa shape index (κ3) is 5.80. The summed E-state index contributed by atoms with van der Waals surface area (Å²) in [5.74, 6) is 1.33. The monoisotopic (exact) mass is 358 g/mol. The summed E-state index contributed by atoms with van der Waals surface area (Å²) in [6, 6.07) is 0.439. The summed E-state index contributed by atoms with van der Waals surface area (Å²) in [7, 11) is 0. The zero-order valence-electron chi connectivity index (χ0n) is 15.7. The Hall–Kier alpha value is -1.95. The average Bonchev–Trinajstić information content (AvgIpc) is 3.09. The lowest BCUT2D eigenvalue weighted by Crippen LogP contribution is -2.31. The number of hydrogen-bond donors (Lipinski definition) is 1. The Morgan fingerprint density at radius 1 is 1.27 bits per heavy atom. The lowest BCUT2D eigenvalue weighted by atomic mass is 9.89. The molecule has 1 aromatic rings. The smallest absolute Gasteiger partial charge is 0.330 e. The summed E-state index contributed by atoms with van der Waals surface area (Å²) >= 11 is 0. The van der Waals surface area contributed by atoms with Gasteiger partial charge in [0.1, 0.15) is 5.82 Å². The van der Waals surface area contributed by atoms with E-state index in [1.807, 2.05) is 0 Å². The maximum absolute atomic E-state index is 11.3. The van der Waals surface area contributed by atoms with Gasteiger partial charge in [-0.3, -0.25) is 4.98 Å². The third-order valence-electron chi connectivity index (χ3n) is 5.21. The fraction of sp³-hybridized carbons (Fsp3) is 0.650. The second kappa shape index (κ2) is 9.67. The van der Waals surface area contributed by atoms with E-state index in [0.29, 0.717) is 18.3 Å². The molecule has 26 heavy (non-hydrogen) atoms. The molecule has 1 aromatic heterocycles. The van der Waals surface area contributed by atoms with Gasteiger partial charge in [-0.1, -0.05) is 19.3 Å². The minimum atomic E-state index is -0.361. The van der Waals surface area contributed by atoms with Crippen LogP contribution in [0, 0.1) is 5.92 Å². The molecule has 0 bridgehead atoms. The number of rotatable bonds is 7. The van der Waals surface area contributed by atoms with Crippen molar-refractivity contribution in [3.63, 3.8) is 0 Å². The van der Waals surface area contributed by atoms with Gasteiger partial charge in [0.25, 0.3) is 0 Å². The van der Waals surface area contributed by atoms with Crippen LogP contribution in [0.25, 0.3) is 6.08 Å². The number of esters is 1. The first-order valence-corrected chi connectivity index (χ1v) is 9.88. The molecule has 3 rings (SSSR count). The number of anilines is 1. The minimum absolute atomic E-state index is 0.361. The van der Waals surface area contributed by atoms with Crippen LogP contribution < -0.4 is 5.32 Å². The number of likely N-dealkylation sites (tertiary alicyclic amines) is 1. The van der Waals surface area contributed by atoms with Crippen LogP contribution in [0.15, 0.2) is 18.5 Å². The first-order chi connectivity index (χ1) is 12.7. The molecule has 0 aromatic carbocycles. The van der Waals surface area contributed by atoms with Crippen molar-refractivity contribution in [2.45, 2.75) is 51.5 Å². The molecule has 0 amide bonds. The molecule has 1 N–H and O–H groups in total. The first kappa shape index (κ1) is 18.8. The Morgan fingerprint density at radius 3 is 2.85 bits per heavy atom. The molecule has 1 aliphatic carbocycles. The van der Waals surface area contributed by atoms with Crippen molar-refractivity contribution in [3.05, 3.63) is 24.2 Å². The number of carbonyl (C=O) groups is 1. The summed E-state index contributed by atoms with van der Waals surface area (Å²) in [5.41, 5.74) is 0.647. The molecule has 0 spiro atoms. The number of nitrogens with one attached hydrogen (secondary N) is 1. The van der Waals surface area contributed by atoms with Gasteiger partial charge in [-0.25, -0.2) is 9.78 Å². The SMILES string of the molecule is CCOC(=O)/C=C/c1cnc(N[C@@H]2CCN(CC3CCCCC3)C2)cn1. The number of carbonyl (C=O) groups excluding carboxylic acids is 1. The lowest BCUT2D eigenvalue weighted by Gasteiger charge is -2.26. The van der Waals surface area contributed by atoms with Gasteiger partial charge in [0, 0.05) is 31.8 Å².